The smallest absolute Gasteiger partial charge is 0.303 e. The van der Waals surface area contributed by atoms with Crippen LogP contribution in [0.2, 0.25) is 0 Å². The molecule has 1 aliphatic rings. The molecule has 1 aromatic heterocycles. The summed E-state index contributed by atoms with van der Waals surface area (Å²) in [5.74, 6) is -0.466. The SMILES string of the molecule is CC(C(=O)N1CCCC(CCC(=O)O)C1)n1cncn1. The first-order valence-corrected chi connectivity index (χ1v) is 6.92. The van der Waals surface area contributed by atoms with Crippen molar-refractivity contribution in [2.75, 3.05) is 13.1 Å². The summed E-state index contributed by atoms with van der Waals surface area (Å²) in [7, 11) is 0. The monoisotopic (exact) mass is 280 g/mol. The maximum Gasteiger partial charge on any atom is 0.303 e. The summed E-state index contributed by atoms with van der Waals surface area (Å²) in [5, 5.41) is 12.7. The van der Waals surface area contributed by atoms with Gasteiger partial charge in [-0.05, 0) is 32.1 Å². The summed E-state index contributed by atoms with van der Waals surface area (Å²) < 4.78 is 1.54. The van der Waals surface area contributed by atoms with Crippen molar-refractivity contribution in [3.8, 4) is 0 Å². The number of piperidine rings is 1. The molecule has 2 rings (SSSR count). The van der Waals surface area contributed by atoms with Crippen LogP contribution in [0, 0.1) is 5.92 Å². The quantitative estimate of drug-likeness (QED) is 0.867. The molecular formula is C13H20N4O3. The lowest BCUT2D eigenvalue weighted by Crippen LogP contribution is -2.43. The molecule has 1 fully saturated rings. The first-order chi connectivity index (χ1) is 9.58. The van der Waals surface area contributed by atoms with E-state index < -0.39 is 5.97 Å². The lowest BCUT2D eigenvalue weighted by molar-refractivity contribution is -0.137. The maximum absolute atomic E-state index is 12.4. The Bertz CT molecular complexity index is 460. The predicted molar refractivity (Wildman–Crippen MR) is 70.9 cm³/mol. The minimum Gasteiger partial charge on any atom is -0.481 e. The van der Waals surface area contributed by atoms with E-state index in [9.17, 15) is 9.59 Å². The van der Waals surface area contributed by atoms with Crippen molar-refractivity contribution in [1.82, 2.24) is 19.7 Å². The van der Waals surface area contributed by atoms with E-state index >= 15 is 0 Å². The molecule has 1 amide bonds. The predicted octanol–water partition coefficient (Wildman–Crippen LogP) is 0.942. The third-order valence-electron chi connectivity index (χ3n) is 3.79. The van der Waals surface area contributed by atoms with Crippen molar-refractivity contribution >= 4 is 11.9 Å². The summed E-state index contributed by atoms with van der Waals surface area (Å²) in [6.45, 7) is 3.18. The molecule has 0 saturated carbocycles. The molecule has 0 bridgehead atoms. The van der Waals surface area contributed by atoms with E-state index in [1.165, 1.54) is 12.7 Å². The second-order valence-corrected chi connectivity index (χ2v) is 5.28. The number of rotatable bonds is 5. The van der Waals surface area contributed by atoms with Gasteiger partial charge >= 0.3 is 5.97 Å². The molecule has 0 radical (unpaired) electrons. The molecular weight excluding hydrogens is 260 g/mol. The van der Waals surface area contributed by atoms with Gasteiger partial charge in [0, 0.05) is 19.5 Å². The van der Waals surface area contributed by atoms with E-state index in [0.717, 1.165) is 19.4 Å². The van der Waals surface area contributed by atoms with Crippen LogP contribution < -0.4 is 0 Å². The Kier molecular flexibility index (Phi) is 4.70. The fourth-order valence-electron chi connectivity index (χ4n) is 2.62. The number of hydrogen-bond donors (Lipinski definition) is 1. The van der Waals surface area contributed by atoms with Crippen molar-refractivity contribution in [2.45, 2.75) is 38.6 Å². The van der Waals surface area contributed by atoms with Crippen LogP contribution in [0.5, 0.6) is 0 Å². The molecule has 7 heteroatoms. The summed E-state index contributed by atoms with van der Waals surface area (Å²) in [5.41, 5.74) is 0. The molecule has 0 aliphatic carbocycles. The number of carbonyl (C=O) groups is 2. The third kappa shape index (κ3) is 3.55. The van der Waals surface area contributed by atoms with Gasteiger partial charge < -0.3 is 10.0 Å². The fourth-order valence-corrected chi connectivity index (χ4v) is 2.62. The van der Waals surface area contributed by atoms with Crippen LogP contribution in [0.15, 0.2) is 12.7 Å². The van der Waals surface area contributed by atoms with Crippen molar-refractivity contribution in [3.05, 3.63) is 12.7 Å². The summed E-state index contributed by atoms with van der Waals surface area (Å²) in [6, 6.07) is -0.365. The van der Waals surface area contributed by atoms with Crippen LogP contribution in [-0.4, -0.2) is 49.7 Å². The number of nitrogens with zero attached hydrogens (tertiary/aromatic N) is 4. The third-order valence-corrected chi connectivity index (χ3v) is 3.79. The summed E-state index contributed by atoms with van der Waals surface area (Å²) in [6.07, 6.45) is 5.68. The van der Waals surface area contributed by atoms with Crippen LogP contribution in [0.4, 0.5) is 0 Å². The highest BCUT2D eigenvalue weighted by molar-refractivity contribution is 5.80. The Morgan fingerprint density at radius 2 is 2.30 bits per heavy atom. The zero-order valence-corrected chi connectivity index (χ0v) is 11.6. The second kappa shape index (κ2) is 6.49. The number of likely N-dealkylation sites (tertiary alicyclic amines) is 1. The van der Waals surface area contributed by atoms with E-state index in [0.29, 0.717) is 13.0 Å². The average molecular weight is 280 g/mol. The Balaban J connectivity index is 1.91. The van der Waals surface area contributed by atoms with E-state index in [1.54, 1.807) is 11.6 Å². The van der Waals surface area contributed by atoms with Gasteiger partial charge in [0.1, 0.15) is 18.7 Å². The van der Waals surface area contributed by atoms with Crippen molar-refractivity contribution in [2.24, 2.45) is 5.92 Å². The molecule has 7 nitrogen and oxygen atoms in total. The molecule has 20 heavy (non-hydrogen) atoms. The highest BCUT2D eigenvalue weighted by Crippen LogP contribution is 2.23. The number of hydrogen-bond acceptors (Lipinski definition) is 4. The molecule has 2 heterocycles. The zero-order chi connectivity index (χ0) is 14.5. The van der Waals surface area contributed by atoms with Gasteiger partial charge in [-0.15, -0.1) is 0 Å². The van der Waals surface area contributed by atoms with Gasteiger partial charge in [-0.2, -0.15) is 5.10 Å². The van der Waals surface area contributed by atoms with E-state index in [1.807, 2.05) is 4.90 Å². The van der Waals surface area contributed by atoms with Crippen molar-refractivity contribution < 1.29 is 14.7 Å². The lowest BCUT2D eigenvalue weighted by atomic mass is 9.93. The van der Waals surface area contributed by atoms with Crippen molar-refractivity contribution in [3.63, 3.8) is 0 Å². The minimum absolute atomic E-state index is 0.0236. The Labute approximate surface area is 117 Å². The Morgan fingerprint density at radius 1 is 1.50 bits per heavy atom. The Hall–Kier alpha value is -1.92. The van der Waals surface area contributed by atoms with Crippen LogP contribution in [0.3, 0.4) is 0 Å². The maximum atomic E-state index is 12.4. The molecule has 1 aliphatic heterocycles. The standard InChI is InChI=1S/C13H20N4O3/c1-10(17-9-14-8-15-17)13(20)16-6-2-3-11(7-16)4-5-12(18)19/h8-11H,2-7H2,1H3,(H,18,19). The topological polar surface area (TPSA) is 88.3 Å². The number of amides is 1. The average Bonchev–Trinajstić information content (AvgIpc) is 2.98. The lowest BCUT2D eigenvalue weighted by Gasteiger charge is -2.34. The van der Waals surface area contributed by atoms with Crippen LogP contribution >= 0.6 is 0 Å². The molecule has 2 atom stereocenters. The highest BCUT2D eigenvalue weighted by Gasteiger charge is 2.28. The minimum atomic E-state index is -0.774. The van der Waals surface area contributed by atoms with Crippen LogP contribution in [0.1, 0.15) is 38.6 Å². The number of carboxylic acid groups (broad SMARTS) is 1. The fraction of sp³-hybridized carbons (Fsp3) is 0.692. The molecule has 1 N–H and O–H groups in total. The molecule has 110 valence electrons. The normalized spacial score (nSPS) is 20.6. The van der Waals surface area contributed by atoms with Gasteiger partial charge in [-0.3, -0.25) is 9.59 Å². The van der Waals surface area contributed by atoms with Gasteiger partial charge in [0.05, 0.1) is 0 Å². The molecule has 0 spiro atoms. The molecule has 0 aromatic carbocycles. The van der Waals surface area contributed by atoms with E-state index in [4.69, 9.17) is 5.11 Å². The number of carboxylic acids is 1. The largest absolute Gasteiger partial charge is 0.481 e. The number of aliphatic carboxylic acids is 1. The van der Waals surface area contributed by atoms with Gasteiger partial charge in [0.15, 0.2) is 0 Å². The van der Waals surface area contributed by atoms with E-state index in [-0.39, 0.29) is 24.3 Å². The van der Waals surface area contributed by atoms with Crippen molar-refractivity contribution in [1.29, 1.82) is 0 Å². The number of carbonyl (C=O) groups excluding carboxylic acids is 1. The van der Waals surface area contributed by atoms with E-state index in [2.05, 4.69) is 10.1 Å². The summed E-state index contributed by atoms with van der Waals surface area (Å²) in [4.78, 5) is 28.7. The van der Waals surface area contributed by atoms with Gasteiger partial charge in [0.2, 0.25) is 5.91 Å². The first-order valence-electron chi connectivity index (χ1n) is 6.92. The molecule has 2 unspecified atom stereocenters. The van der Waals surface area contributed by atoms with Gasteiger partial charge in [-0.1, -0.05) is 0 Å². The molecule has 1 saturated heterocycles. The number of aromatic nitrogens is 3. The zero-order valence-electron chi connectivity index (χ0n) is 11.6. The molecule has 1 aromatic rings. The highest BCUT2D eigenvalue weighted by atomic mass is 16.4. The van der Waals surface area contributed by atoms with Gasteiger partial charge in [0.25, 0.3) is 0 Å². The summed E-state index contributed by atoms with van der Waals surface area (Å²) >= 11 is 0. The second-order valence-electron chi connectivity index (χ2n) is 5.28. The van der Waals surface area contributed by atoms with Crippen LogP contribution in [-0.2, 0) is 9.59 Å². The Morgan fingerprint density at radius 3 is 2.95 bits per heavy atom. The van der Waals surface area contributed by atoms with Crippen LogP contribution in [0.25, 0.3) is 0 Å². The van der Waals surface area contributed by atoms with Gasteiger partial charge in [-0.25, -0.2) is 9.67 Å². The first kappa shape index (κ1) is 14.5.